The fourth-order valence-electron chi connectivity index (χ4n) is 1.42. The quantitative estimate of drug-likeness (QED) is 0.877. The van der Waals surface area contributed by atoms with Crippen molar-refractivity contribution in [1.82, 2.24) is 0 Å². The van der Waals surface area contributed by atoms with E-state index in [1.807, 2.05) is 6.26 Å². The largest absolute Gasteiger partial charge is 0.325 e. The summed E-state index contributed by atoms with van der Waals surface area (Å²) in [5.41, 5.74) is 6.92. The molecule has 1 rings (SSSR count). The van der Waals surface area contributed by atoms with Crippen LogP contribution in [0.25, 0.3) is 0 Å². The lowest BCUT2D eigenvalue weighted by atomic mass is 10.2. The van der Waals surface area contributed by atoms with Crippen LogP contribution in [0.1, 0.15) is 12.0 Å². The van der Waals surface area contributed by atoms with Crippen molar-refractivity contribution in [2.45, 2.75) is 19.4 Å². The zero-order chi connectivity index (χ0) is 12.8. The highest BCUT2D eigenvalue weighted by Crippen LogP contribution is 2.13. The molecule has 18 heavy (non-hydrogen) atoms. The third-order valence-corrected chi connectivity index (χ3v) is 2.92. The van der Waals surface area contributed by atoms with Crippen LogP contribution in [0.2, 0.25) is 0 Å². The van der Waals surface area contributed by atoms with Gasteiger partial charge in [-0.2, -0.15) is 11.8 Å². The van der Waals surface area contributed by atoms with Crippen molar-refractivity contribution in [2.24, 2.45) is 5.73 Å². The van der Waals surface area contributed by atoms with E-state index >= 15 is 0 Å². The van der Waals surface area contributed by atoms with Crippen molar-refractivity contribution in [3.63, 3.8) is 0 Å². The minimum Gasteiger partial charge on any atom is -0.325 e. The summed E-state index contributed by atoms with van der Waals surface area (Å²) in [6, 6.07) is 3.85. The average molecular weight is 293 g/mol. The smallest absolute Gasteiger partial charge is 0.241 e. The van der Waals surface area contributed by atoms with Crippen LogP contribution < -0.4 is 11.1 Å². The lowest BCUT2D eigenvalue weighted by molar-refractivity contribution is -0.117. The van der Waals surface area contributed by atoms with Crippen LogP contribution in [-0.2, 0) is 4.79 Å². The van der Waals surface area contributed by atoms with Gasteiger partial charge in [-0.05, 0) is 49.1 Å². The number of hydrogen-bond donors (Lipinski definition) is 2. The van der Waals surface area contributed by atoms with Gasteiger partial charge in [0.1, 0.15) is 5.82 Å². The van der Waals surface area contributed by atoms with Crippen LogP contribution in [0.5, 0.6) is 0 Å². The molecule has 1 aromatic rings. The number of carbonyl (C=O) groups excluding carboxylic acids is 1. The lowest BCUT2D eigenvalue weighted by Crippen LogP contribution is -2.36. The maximum absolute atomic E-state index is 13.1. The molecule has 3 N–H and O–H groups in total. The number of nitrogens with two attached hydrogens (primary N) is 1. The molecule has 0 aliphatic rings. The van der Waals surface area contributed by atoms with Crippen molar-refractivity contribution in [3.05, 3.63) is 29.6 Å². The topological polar surface area (TPSA) is 55.1 Å². The number of carbonyl (C=O) groups is 1. The molecule has 1 amide bonds. The third kappa shape index (κ3) is 5.71. The van der Waals surface area contributed by atoms with Gasteiger partial charge in [-0.15, -0.1) is 12.4 Å². The van der Waals surface area contributed by atoms with E-state index in [9.17, 15) is 9.18 Å². The highest BCUT2D eigenvalue weighted by Gasteiger charge is 2.13. The molecule has 0 saturated carbocycles. The summed E-state index contributed by atoms with van der Waals surface area (Å²) in [4.78, 5) is 11.7. The fourth-order valence-corrected chi connectivity index (χ4v) is 1.91. The van der Waals surface area contributed by atoms with Crippen molar-refractivity contribution in [2.75, 3.05) is 17.3 Å². The molecule has 0 aliphatic carbocycles. The number of amides is 1. The summed E-state index contributed by atoms with van der Waals surface area (Å²) in [5, 5.41) is 2.62. The van der Waals surface area contributed by atoms with Gasteiger partial charge < -0.3 is 11.1 Å². The first kappa shape index (κ1) is 17.2. The van der Waals surface area contributed by atoms with Gasteiger partial charge in [-0.1, -0.05) is 0 Å². The van der Waals surface area contributed by atoms with E-state index in [1.165, 1.54) is 12.1 Å². The normalized spacial score (nSPS) is 11.6. The molecule has 0 fully saturated rings. The summed E-state index contributed by atoms with van der Waals surface area (Å²) in [6.45, 7) is 1.77. The number of anilines is 1. The molecule has 0 aliphatic heterocycles. The van der Waals surface area contributed by atoms with E-state index in [0.29, 0.717) is 12.1 Å². The molecule has 0 heterocycles. The number of aryl methyl sites for hydroxylation is 1. The van der Waals surface area contributed by atoms with E-state index in [1.54, 1.807) is 24.8 Å². The average Bonchev–Trinajstić information content (AvgIpc) is 2.24. The molecule has 0 unspecified atom stereocenters. The molecule has 0 spiro atoms. The van der Waals surface area contributed by atoms with Gasteiger partial charge in [0.25, 0.3) is 0 Å². The van der Waals surface area contributed by atoms with E-state index < -0.39 is 6.04 Å². The Kier molecular flexibility index (Phi) is 7.98. The first-order valence-electron chi connectivity index (χ1n) is 5.35. The number of benzene rings is 1. The summed E-state index contributed by atoms with van der Waals surface area (Å²) in [6.07, 6.45) is 2.57. The van der Waals surface area contributed by atoms with Gasteiger partial charge in [0.15, 0.2) is 0 Å². The molecular weight excluding hydrogens is 275 g/mol. The number of nitrogens with one attached hydrogen (secondary N) is 1. The van der Waals surface area contributed by atoms with Gasteiger partial charge in [0, 0.05) is 5.69 Å². The van der Waals surface area contributed by atoms with Crippen LogP contribution in [-0.4, -0.2) is 24.0 Å². The standard InChI is InChI=1S/C12H17FN2OS.ClH/c1-8-5-9(13)7-10(6-8)15-12(16)11(14)3-4-17-2;/h5-7,11H,3-4,14H2,1-2H3,(H,15,16);1H/t11-;/m0./s1. The predicted octanol–water partition coefficient (Wildman–Crippen LogP) is 2.57. The molecule has 102 valence electrons. The Bertz CT molecular complexity index is 383. The van der Waals surface area contributed by atoms with E-state index in [4.69, 9.17) is 5.73 Å². The molecule has 0 radical (unpaired) electrons. The van der Waals surface area contributed by atoms with Crippen molar-refractivity contribution < 1.29 is 9.18 Å². The van der Waals surface area contributed by atoms with Crippen LogP contribution in [0.15, 0.2) is 18.2 Å². The van der Waals surface area contributed by atoms with Gasteiger partial charge in [-0.25, -0.2) is 4.39 Å². The molecular formula is C12H18ClFN2OS. The summed E-state index contributed by atoms with van der Waals surface area (Å²) >= 11 is 1.64. The Morgan fingerprint density at radius 1 is 1.50 bits per heavy atom. The second-order valence-electron chi connectivity index (χ2n) is 3.89. The molecule has 0 aromatic heterocycles. The first-order valence-corrected chi connectivity index (χ1v) is 6.75. The molecule has 3 nitrogen and oxygen atoms in total. The number of rotatable bonds is 5. The van der Waals surface area contributed by atoms with E-state index in [2.05, 4.69) is 5.32 Å². The van der Waals surface area contributed by atoms with Crippen LogP contribution in [0, 0.1) is 12.7 Å². The Morgan fingerprint density at radius 3 is 2.72 bits per heavy atom. The molecule has 0 bridgehead atoms. The molecule has 6 heteroatoms. The Labute approximate surface area is 117 Å². The minimum atomic E-state index is -0.550. The minimum absolute atomic E-state index is 0. The number of hydrogen-bond acceptors (Lipinski definition) is 3. The first-order chi connectivity index (χ1) is 8.02. The highest BCUT2D eigenvalue weighted by molar-refractivity contribution is 7.98. The fraction of sp³-hybridized carbons (Fsp3) is 0.417. The number of thioether (sulfide) groups is 1. The van der Waals surface area contributed by atoms with Crippen molar-refractivity contribution in [1.29, 1.82) is 0 Å². The summed E-state index contributed by atoms with van der Waals surface area (Å²) < 4.78 is 13.1. The van der Waals surface area contributed by atoms with E-state index in [0.717, 1.165) is 11.3 Å². The maximum atomic E-state index is 13.1. The molecule has 1 aromatic carbocycles. The van der Waals surface area contributed by atoms with E-state index in [-0.39, 0.29) is 24.1 Å². The van der Waals surface area contributed by atoms with Crippen LogP contribution >= 0.6 is 24.2 Å². The Balaban J connectivity index is 0.00000289. The maximum Gasteiger partial charge on any atom is 0.241 e. The highest BCUT2D eigenvalue weighted by atomic mass is 35.5. The number of halogens is 2. The van der Waals surface area contributed by atoms with Crippen molar-refractivity contribution in [3.8, 4) is 0 Å². The molecule has 1 atom stereocenters. The van der Waals surface area contributed by atoms with Gasteiger partial charge in [0.05, 0.1) is 6.04 Å². The summed E-state index contributed by atoms with van der Waals surface area (Å²) in [7, 11) is 0. The van der Waals surface area contributed by atoms with Gasteiger partial charge in [-0.3, -0.25) is 4.79 Å². The Hall–Kier alpha value is -0.780. The van der Waals surface area contributed by atoms with Gasteiger partial charge in [0.2, 0.25) is 5.91 Å². The lowest BCUT2D eigenvalue weighted by Gasteiger charge is -2.12. The Morgan fingerprint density at radius 2 is 2.17 bits per heavy atom. The second-order valence-corrected chi connectivity index (χ2v) is 4.88. The SMILES string of the molecule is CSCC[C@H](N)C(=O)Nc1cc(C)cc(F)c1.Cl. The van der Waals surface area contributed by atoms with Gasteiger partial charge >= 0.3 is 0 Å². The van der Waals surface area contributed by atoms with Crippen LogP contribution in [0.3, 0.4) is 0 Å². The monoisotopic (exact) mass is 292 g/mol. The zero-order valence-corrected chi connectivity index (χ0v) is 12.0. The van der Waals surface area contributed by atoms with Crippen LogP contribution in [0.4, 0.5) is 10.1 Å². The predicted molar refractivity (Wildman–Crippen MR) is 78.0 cm³/mol. The molecule has 0 saturated heterocycles. The third-order valence-electron chi connectivity index (χ3n) is 2.28. The second kappa shape index (κ2) is 8.34. The zero-order valence-electron chi connectivity index (χ0n) is 10.4. The summed E-state index contributed by atoms with van der Waals surface area (Å²) in [5.74, 6) is 0.193. The van der Waals surface area contributed by atoms with Crippen molar-refractivity contribution >= 4 is 35.8 Å².